The number of aliphatic hydroxyl groups excluding tert-OH is 1. The Kier molecular flexibility index (Phi) is 14.0. The number of phenols is 1. The topological polar surface area (TPSA) is 40.5 Å². The Hall–Kier alpha value is -1.33. The van der Waals surface area contributed by atoms with Gasteiger partial charge in [-0.05, 0) is 23.0 Å². The summed E-state index contributed by atoms with van der Waals surface area (Å²) in [5.41, 5.74) is 4.63. The van der Waals surface area contributed by atoms with Crippen LogP contribution in [-0.4, -0.2) is 10.2 Å². The summed E-state index contributed by atoms with van der Waals surface area (Å²) in [5.74, 6) is 1.25. The summed E-state index contributed by atoms with van der Waals surface area (Å²) in [6, 6.07) is 14.0. The number of aromatic hydroxyl groups is 1. The minimum absolute atomic E-state index is 0.146. The molecule has 2 rings (SSSR count). The minimum Gasteiger partial charge on any atom is -0.338 e. The van der Waals surface area contributed by atoms with E-state index in [1.165, 1.54) is 24.7 Å². The Balaban J connectivity index is 0.000000461. The van der Waals surface area contributed by atoms with Crippen LogP contribution in [0.25, 0.3) is 0 Å². The monoisotopic (exact) mass is 580 g/mol. The van der Waals surface area contributed by atoms with E-state index in [-0.39, 0.29) is 12.0 Å². The van der Waals surface area contributed by atoms with E-state index in [2.05, 4.69) is 65.7 Å². The van der Waals surface area contributed by atoms with Gasteiger partial charge in [0.05, 0.1) is 0 Å². The van der Waals surface area contributed by atoms with E-state index >= 15 is 0 Å². The molecule has 2 N–H and O–H groups in total. The molecular formula is C27H40O2W. The summed E-state index contributed by atoms with van der Waals surface area (Å²) in [6.07, 6.45) is 1.99. The SMILES string of the molecule is CC(C)c1cccc(C(C)C)c1O.OCc1ccccc1CC[C]#[W+].[CH2-]C(C)(C)C. The van der Waals surface area contributed by atoms with Gasteiger partial charge in [0.1, 0.15) is 5.75 Å². The Morgan fingerprint density at radius 3 is 1.70 bits per heavy atom. The van der Waals surface area contributed by atoms with Crippen LogP contribution in [0.3, 0.4) is 0 Å². The molecule has 0 aliphatic rings. The Bertz CT molecular complexity index is 748. The number of hydrogen-bond donors (Lipinski definition) is 2. The fraction of sp³-hybridized carbons (Fsp3) is 0.481. The van der Waals surface area contributed by atoms with E-state index in [1.54, 1.807) is 0 Å². The average Bonchev–Trinajstić information content (AvgIpc) is 2.65. The van der Waals surface area contributed by atoms with Crippen molar-refractivity contribution >= 4 is 0 Å². The van der Waals surface area contributed by atoms with Gasteiger partial charge in [-0.2, -0.15) is 5.41 Å². The molecule has 0 amide bonds. The smallest absolute Gasteiger partial charge is 0.0878 e. The summed E-state index contributed by atoms with van der Waals surface area (Å²) >= 11 is 1.39. The number of hydrogen-bond acceptors (Lipinski definition) is 2. The normalized spacial score (nSPS) is 10.6. The van der Waals surface area contributed by atoms with Gasteiger partial charge in [0.15, 0.2) is 0 Å². The molecule has 2 aromatic rings. The first-order valence-electron chi connectivity index (χ1n) is 10.6. The van der Waals surface area contributed by atoms with Crippen molar-refractivity contribution in [2.75, 3.05) is 0 Å². The van der Waals surface area contributed by atoms with Crippen molar-refractivity contribution in [2.24, 2.45) is 5.41 Å². The summed E-state index contributed by atoms with van der Waals surface area (Å²) in [6.45, 7) is 18.5. The van der Waals surface area contributed by atoms with Crippen molar-refractivity contribution in [1.29, 1.82) is 0 Å². The maximum absolute atomic E-state index is 9.93. The fourth-order valence-corrected chi connectivity index (χ4v) is 3.02. The van der Waals surface area contributed by atoms with Crippen LogP contribution in [0.15, 0.2) is 42.5 Å². The van der Waals surface area contributed by atoms with E-state index in [0.29, 0.717) is 17.6 Å². The van der Waals surface area contributed by atoms with E-state index in [0.717, 1.165) is 29.5 Å². The second-order valence-corrected chi connectivity index (χ2v) is 10.3. The van der Waals surface area contributed by atoms with Crippen LogP contribution in [-0.2, 0) is 32.2 Å². The van der Waals surface area contributed by atoms with Gasteiger partial charge in [0.25, 0.3) is 0 Å². The third kappa shape index (κ3) is 12.4. The Morgan fingerprint density at radius 2 is 1.33 bits per heavy atom. The van der Waals surface area contributed by atoms with Gasteiger partial charge < -0.3 is 12.0 Å². The second kappa shape index (κ2) is 14.6. The molecule has 0 saturated carbocycles. The molecule has 3 heteroatoms. The maximum atomic E-state index is 9.93. The van der Waals surface area contributed by atoms with Crippen molar-refractivity contribution < 1.29 is 29.4 Å². The first-order valence-corrected chi connectivity index (χ1v) is 12.1. The van der Waals surface area contributed by atoms with Crippen molar-refractivity contribution in [1.82, 2.24) is 0 Å². The van der Waals surface area contributed by atoms with Crippen LogP contribution in [0.4, 0.5) is 0 Å². The molecule has 30 heavy (non-hydrogen) atoms. The molecular weight excluding hydrogens is 540 g/mol. The molecule has 0 spiro atoms. The molecule has 2 aromatic carbocycles. The van der Waals surface area contributed by atoms with E-state index in [1.807, 2.05) is 36.4 Å². The zero-order valence-electron chi connectivity index (χ0n) is 19.8. The molecule has 166 valence electrons. The van der Waals surface area contributed by atoms with Gasteiger partial charge in [0, 0.05) is 0 Å². The molecule has 0 aliphatic carbocycles. The zero-order chi connectivity index (χ0) is 23.3. The number of benzene rings is 2. The maximum Gasteiger partial charge on any atom is -0.0878 e. The van der Waals surface area contributed by atoms with Crippen LogP contribution in [0.2, 0.25) is 0 Å². The quantitative estimate of drug-likeness (QED) is 0.370. The predicted octanol–water partition coefficient (Wildman–Crippen LogP) is 7.12. The zero-order valence-corrected chi connectivity index (χ0v) is 22.8. The van der Waals surface area contributed by atoms with Gasteiger partial charge >= 0.3 is 83.3 Å². The van der Waals surface area contributed by atoms with Crippen LogP contribution >= 0.6 is 0 Å². The predicted molar refractivity (Wildman–Crippen MR) is 126 cm³/mol. The third-order valence-corrected chi connectivity index (χ3v) is 4.86. The first kappa shape index (κ1) is 28.7. The van der Waals surface area contributed by atoms with Gasteiger partial charge in [0.2, 0.25) is 0 Å². The molecule has 0 heterocycles. The summed E-state index contributed by atoms with van der Waals surface area (Å²) in [7, 11) is 0. The third-order valence-electron chi connectivity index (χ3n) is 4.13. The second-order valence-electron chi connectivity index (χ2n) is 9.23. The molecule has 0 bridgehead atoms. The standard InChI is InChI=1S/C12H18O.C10H11O.C5H11.W/c1-8(2)10-6-5-7-11(9(3)4)12(10)13;1-2-5-9-6-3-4-7-10(9)8-11;1-5(2,3)4;/h5-9,13H,1-4H3;3-4,6-7,11H,2,5,8H2;1H2,2-4H3;/q;;-1;+1. The van der Waals surface area contributed by atoms with Gasteiger partial charge in [-0.3, -0.25) is 0 Å². The van der Waals surface area contributed by atoms with Crippen LogP contribution < -0.4 is 0 Å². The average molecular weight is 580 g/mol. The van der Waals surface area contributed by atoms with Crippen molar-refractivity contribution in [3.05, 3.63) is 71.6 Å². The van der Waals surface area contributed by atoms with E-state index in [4.69, 9.17) is 5.11 Å². The molecule has 0 aromatic heterocycles. The van der Waals surface area contributed by atoms with Crippen molar-refractivity contribution in [3.8, 4) is 9.95 Å². The number of rotatable bonds is 5. The van der Waals surface area contributed by atoms with Gasteiger partial charge in [-0.15, -0.1) is 0 Å². The summed E-state index contributed by atoms with van der Waals surface area (Å²) in [4.78, 5) is 0. The van der Waals surface area contributed by atoms with Crippen LogP contribution in [0.1, 0.15) is 89.0 Å². The molecule has 0 fully saturated rings. The summed E-state index contributed by atoms with van der Waals surface area (Å²) < 4.78 is 3.17. The van der Waals surface area contributed by atoms with Crippen LogP contribution in [0.5, 0.6) is 5.75 Å². The summed E-state index contributed by atoms with van der Waals surface area (Å²) in [5, 5.41) is 18.9. The molecule has 0 aliphatic heterocycles. The molecule has 0 atom stereocenters. The van der Waals surface area contributed by atoms with Gasteiger partial charge in [-0.1, -0.05) is 66.7 Å². The van der Waals surface area contributed by atoms with E-state index < -0.39 is 0 Å². The fourth-order valence-electron chi connectivity index (χ4n) is 2.65. The van der Waals surface area contributed by atoms with Crippen molar-refractivity contribution in [3.63, 3.8) is 0 Å². The van der Waals surface area contributed by atoms with Crippen molar-refractivity contribution in [2.45, 2.75) is 79.8 Å². The molecule has 0 saturated heterocycles. The Labute approximate surface area is 195 Å². The van der Waals surface area contributed by atoms with Crippen LogP contribution in [0, 0.1) is 16.5 Å². The number of phenolic OH excluding ortho intramolecular Hbond substituents is 1. The largest absolute Gasteiger partial charge is 0.338 e. The van der Waals surface area contributed by atoms with Gasteiger partial charge in [-0.25, -0.2) is 0 Å². The molecule has 0 unspecified atom stereocenters. The number of aryl methyl sites for hydroxylation is 1. The minimum atomic E-state index is 0.146. The molecule has 0 radical (unpaired) electrons. The first-order chi connectivity index (χ1) is 13.9. The number of aliphatic hydroxyl groups is 1. The molecule has 2 nitrogen and oxygen atoms in total. The Morgan fingerprint density at radius 1 is 0.900 bits per heavy atom. The number of para-hydroxylation sites is 1. The van der Waals surface area contributed by atoms with E-state index in [9.17, 15) is 5.11 Å².